The van der Waals surface area contributed by atoms with Crippen LogP contribution in [0.15, 0.2) is 30.3 Å². The summed E-state index contributed by atoms with van der Waals surface area (Å²) in [5, 5.41) is -1.31. The molecule has 2 aliphatic heterocycles. The van der Waals surface area contributed by atoms with Crippen LogP contribution in [0.3, 0.4) is 0 Å². The summed E-state index contributed by atoms with van der Waals surface area (Å²) in [6.07, 6.45) is -4.79. The van der Waals surface area contributed by atoms with E-state index in [4.69, 9.17) is 0 Å². The van der Waals surface area contributed by atoms with Gasteiger partial charge in [0.25, 0.3) is 0 Å². The van der Waals surface area contributed by atoms with Gasteiger partial charge in [-0.05, 0) is 12.0 Å². The molecule has 2 aliphatic rings. The number of likely N-dealkylation sites (tertiary alicyclic amines) is 1. The van der Waals surface area contributed by atoms with Crippen LogP contribution >= 0.6 is 0 Å². The predicted octanol–water partition coefficient (Wildman–Crippen LogP) is 2.24. The minimum Gasteiger partial charge on any atom is -0.297 e. The number of hydrogen-bond donors (Lipinski definition) is 0. The molecule has 0 aromatic heterocycles. The highest BCUT2D eigenvalue weighted by Crippen LogP contribution is 2.54. The quantitative estimate of drug-likeness (QED) is 0.839. The number of fused-ring (bicyclic) bond motifs is 1. The van der Waals surface area contributed by atoms with E-state index in [0.717, 1.165) is 5.56 Å². The monoisotopic (exact) mass is 319 g/mol. The van der Waals surface area contributed by atoms with Crippen molar-refractivity contribution in [2.45, 2.75) is 24.4 Å². The Kier molecular flexibility index (Phi) is 3.33. The third kappa shape index (κ3) is 2.36. The molecule has 3 rings (SSSR count). The summed E-state index contributed by atoms with van der Waals surface area (Å²) in [5.41, 5.74) is -1.19. The molecule has 0 radical (unpaired) electrons. The Balaban J connectivity index is 1.88. The van der Waals surface area contributed by atoms with Crippen molar-refractivity contribution in [3.05, 3.63) is 35.9 Å². The maximum atomic E-state index is 13.5. The van der Waals surface area contributed by atoms with Gasteiger partial charge in [-0.25, -0.2) is 8.42 Å². The molecule has 7 heteroatoms. The van der Waals surface area contributed by atoms with E-state index in [1.54, 1.807) is 4.90 Å². The van der Waals surface area contributed by atoms with Crippen molar-refractivity contribution in [3.63, 3.8) is 0 Å². The number of hydrogen-bond acceptors (Lipinski definition) is 3. The van der Waals surface area contributed by atoms with Gasteiger partial charge in [0.1, 0.15) is 0 Å². The molecule has 2 heterocycles. The van der Waals surface area contributed by atoms with Gasteiger partial charge in [0.2, 0.25) is 0 Å². The van der Waals surface area contributed by atoms with Gasteiger partial charge in [0.15, 0.2) is 9.84 Å². The van der Waals surface area contributed by atoms with Gasteiger partial charge in [0, 0.05) is 19.6 Å². The fourth-order valence-corrected chi connectivity index (χ4v) is 5.90. The number of rotatable bonds is 2. The van der Waals surface area contributed by atoms with E-state index in [9.17, 15) is 21.6 Å². The molecular formula is C14H16F3NO2S. The van der Waals surface area contributed by atoms with E-state index in [-0.39, 0.29) is 25.3 Å². The second-order valence-electron chi connectivity index (χ2n) is 5.91. The first-order valence-corrected chi connectivity index (χ1v) is 8.51. The summed E-state index contributed by atoms with van der Waals surface area (Å²) in [7, 11) is -3.65. The molecular weight excluding hydrogens is 303 g/mol. The molecule has 0 spiro atoms. The average Bonchev–Trinajstić information content (AvgIpc) is 2.88. The van der Waals surface area contributed by atoms with Gasteiger partial charge in [0.05, 0.1) is 16.4 Å². The topological polar surface area (TPSA) is 37.4 Å². The first kappa shape index (κ1) is 14.8. The molecule has 0 N–H and O–H groups in total. The second-order valence-corrected chi connectivity index (χ2v) is 8.22. The lowest BCUT2D eigenvalue weighted by Crippen LogP contribution is -2.45. The second kappa shape index (κ2) is 4.71. The van der Waals surface area contributed by atoms with Gasteiger partial charge < -0.3 is 0 Å². The molecule has 21 heavy (non-hydrogen) atoms. The number of halogens is 3. The van der Waals surface area contributed by atoms with Crippen molar-refractivity contribution in [1.29, 1.82) is 0 Å². The highest BCUT2D eigenvalue weighted by Gasteiger charge is 2.69. The normalized spacial score (nSPS) is 32.2. The number of alkyl halides is 3. The van der Waals surface area contributed by atoms with E-state index in [1.807, 2.05) is 30.3 Å². The Morgan fingerprint density at radius 3 is 2.48 bits per heavy atom. The molecule has 0 aliphatic carbocycles. The van der Waals surface area contributed by atoms with E-state index in [0.29, 0.717) is 6.54 Å². The molecule has 0 amide bonds. The van der Waals surface area contributed by atoms with Crippen LogP contribution in [0.4, 0.5) is 13.2 Å². The van der Waals surface area contributed by atoms with Crippen LogP contribution in [0.5, 0.6) is 0 Å². The standard InChI is InChI=1S/C14H16F3NO2S/c15-14(16,17)13-6-7-21(19,20)12(13)9-18(10-13)8-11-4-2-1-3-5-11/h1-5,12H,6-10H2/t12-,13+/m1/s1. The van der Waals surface area contributed by atoms with Crippen LogP contribution < -0.4 is 0 Å². The average molecular weight is 319 g/mol. The van der Waals surface area contributed by atoms with Crippen LogP contribution in [-0.4, -0.2) is 43.6 Å². The van der Waals surface area contributed by atoms with Crippen molar-refractivity contribution >= 4 is 9.84 Å². The summed E-state index contributed by atoms with van der Waals surface area (Å²) in [5.74, 6) is -0.351. The van der Waals surface area contributed by atoms with Crippen LogP contribution in [-0.2, 0) is 16.4 Å². The van der Waals surface area contributed by atoms with Gasteiger partial charge >= 0.3 is 6.18 Å². The molecule has 3 nitrogen and oxygen atoms in total. The molecule has 0 bridgehead atoms. The number of nitrogens with zero attached hydrogens (tertiary/aromatic N) is 1. The van der Waals surface area contributed by atoms with E-state index >= 15 is 0 Å². The van der Waals surface area contributed by atoms with Gasteiger partial charge in [-0.15, -0.1) is 0 Å². The first-order chi connectivity index (χ1) is 9.75. The van der Waals surface area contributed by atoms with Crippen molar-refractivity contribution in [1.82, 2.24) is 4.90 Å². The van der Waals surface area contributed by atoms with Crippen LogP contribution in [0.25, 0.3) is 0 Å². The zero-order valence-electron chi connectivity index (χ0n) is 11.3. The molecule has 0 saturated carbocycles. The van der Waals surface area contributed by atoms with Crippen molar-refractivity contribution in [2.75, 3.05) is 18.8 Å². The number of benzene rings is 1. The molecule has 2 saturated heterocycles. The SMILES string of the molecule is O=S1(=O)CC[C@]2(C(F)(F)F)CN(Cc3ccccc3)C[C@H]21. The Bertz CT molecular complexity index is 629. The van der Waals surface area contributed by atoms with E-state index < -0.39 is 26.7 Å². The third-order valence-electron chi connectivity index (χ3n) is 4.63. The minimum absolute atomic E-state index is 0.0310. The Morgan fingerprint density at radius 1 is 1.24 bits per heavy atom. The molecule has 1 aromatic rings. The van der Waals surface area contributed by atoms with Crippen LogP contribution in [0.2, 0.25) is 0 Å². The van der Waals surface area contributed by atoms with Gasteiger partial charge in [-0.1, -0.05) is 30.3 Å². The molecule has 2 fully saturated rings. The third-order valence-corrected chi connectivity index (χ3v) is 6.87. The van der Waals surface area contributed by atoms with Crippen molar-refractivity contribution in [3.8, 4) is 0 Å². The zero-order chi connectivity index (χ0) is 15.3. The number of sulfone groups is 1. The highest BCUT2D eigenvalue weighted by atomic mass is 32.2. The molecule has 0 unspecified atom stereocenters. The fraction of sp³-hybridized carbons (Fsp3) is 0.571. The fourth-order valence-electron chi connectivity index (χ4n) is 3.51. The summed E-state index contributed by atoms with van der Waals surface area (Å²) in [4.78, 5) is 1.62. The Morgan fingerprint density at radius 2 is 1.90 bits per heavy atom. The first-order valence-electron chi connectivity index (χ1n) is 6.79. The van der Waals surface area contributed by atoms with Gasteiger partial charge in [-0.3, -0.25) is 4.90 Å². The lowest BCUT2D eigenvalue weighted by molar-refractivity contribution is -0.216. The van der Waals surface area contributed by atoms with E-state index in [2.05, 4.69) is 0 Å². The highest BCUT2D eigenvalue weighted by molar-refractivity contribution is 7.92. The largest absolute Gasteiger partial charge is 0.397 e. The predicted molar refractivity (Wildman–Crippen MR) is 72.4 cm³/mol. The lowest BCUT2D eigenvalue weighted by Gasteiger charge is -2.30. The van der Waals surface area contributed by atoms with Crippen LogP contribution in [0, 0.1) is 5.41 Å². The summed E-state index contributed by atoms with van der Waals surface area (Å²) >= 11 is 0. The minimum atomic E-state index is -4.48. The smallest absolute Gasteiger partial charge is 0.297 e. The maximum Gasteiger partial charge on any atom is 0.397 e. The summed E-state index contributed by atoms with van der Waals surface area (Å²) in [6.45, 7) is 0.0940. The Labute approximate surface area is 121 Å². The summed E-state index contributed by atoms with van der Waals surface area (Å²) in [6, 6.07) is 9.15. The van der Waals surface area contributed by atoms with Gasteiger partial charge in [-0.2, -0.15) is 13.2 Å². The molecule has 116 valence electrons. The summed E-state index contributed by atoms with van der Waals surface area (Å²) < 4.78 is 64.3. The maximum absolute atomic E-state index is 13.5. The zero-order valence-corrected chi connectivity index (χ0v) is 12.1. The lowest BCUT2D eigenvalue weighted by atomic mass is 9.83. The van der Waals surface area contributed by atoms with Crippen LogP contribution in [0.1, 0.15) is 12.0 Å². The molecule has 1 aromatic carbocycles. The van der Waals surface area contributed by atoms with Crippen molar-refractivity contribution in [2.24, 2.45) is 5.41 Å². The Hall–Kier alpha value is -1.08. The van der Waals surface area contributed by atoms with Crippen molar-refractivity contribution < 1.29 is 21.6 Å². The van der Waals surface area contributed by atoms with E-state index in [1.165, 1.54) is 0 Å². The molecule has 2 atom stereocenters.